The minimum absolute atomic E-state index is 0.201. The SMILES string of the molecule is CC(O)C1CCN(Cc2cnc(NN)s2)C1. The van der Waals surface area contributed by atoms with Crippen molar-refractivity contribution in [1.82, 2.24) is 9.88 Å². The Labute approximate surface area is 99.3 Å². The van der Waals surface area contributed by atoms with Crippen molar-refractivity contribution in [3.63, 3.8) is 0 Å². The smallest absolute Gasteiger partial charge is 0.197 e. The summed E-state index contributed by atoms with van der Waals surface area (Å²) in [7, 11) is 0. The van der Waals surface area contributed by atoms with Gasteiger partial charge in [-0.15, -0.1) is 0 Å². The van der Waals surface area contributed by atoms with Crippen molar-refractivity contribution >= 4 is 16.5 Å². The lowest BCUT2D eigenvalue weighted by Gasteiger charge is -2.16. The number of nitrogens with one attached hydrogen (secondary N) is 1. The standard InChI is InChI=1S/C10H18N4OS/c1-7(15)8-2-3-14(5-8)6-9-4-12-10(13-11)16-9/h4,7-8,15H,2-3,5-6,11H2,1H3,(H,12,13). The van der Waals surface area contributed by atoms with Crippen LogP contribution in [0.2, 0.25) is 0 Å². The normalized spacial score (nSPS) is 23.6. The summed E-state index contributed by atoms with van der Waals surface area (Å²) >= 11 is 1.58. The predicted octanol–water partition coefficient (Wildman–Crippen LogP) is 0.631. The molecule has 90 valence electrons. The summed E-state index contributed by atoms with van der Waals surface area (Å²) < 4.78 is 0. The number of anilines is 1. The number of hydrazine groups is 1. The fourth-order valence-corrected chi connectivity index (χ4v) is 2.83. The van der Waals surface area contributed by atoms with Crippen molar-refractivity contribution in [1.29, 1.82) is 0 Å². The Morgan fingerprint density at radius 1 is 1.81 bits per heavy atom. The van der Waals surface area contributed by atoms with E-state index in [0.717, 1.165) is 31.2 Å². The monoisotopic (exact) mass is 242 g/mol. The molecule has 2 heterocycles. The van der Waals surface area contributed by atoms with Gasteiger partial charge in [0.2, 0.25) is 0 Å². The fraction of sp³-hybridized carbons (Fsp3) is 0.700. The summed E-state index contributed by atoms with van der Waals surface area (Å²) in [6.45, 7) is 4.81. The molecule has 16 heavy (non-hydrogen) atoms. The molecule has 1 fully saturated rings. The first kappa shape index (κ1) is 11.8. The second-order valence-corrected chi connectivity index (χ2v) is 5.42. The van der Waals surface area contributed by atoms with Gasteiger partial charge in [-0.25, -0.2) is 10.8 Å². The molecule has 1 aromatic heterocycles. The third kappa shape index (κ3) is 2.70. The van der Waals surface area contributed by atoms with Crippen molar-refractivity contribution in [3.05, 3.63) is 11.1 Å². The first-order chi connectivity index (χ1) is 7.69. The topological polar surface area (TPSA) is 74.4 Å². The highest BCUT2D eigenvalue weighted by Crippen LogP contribution is 2.24. The molecule has 0 aromatic carbocycles. The van der Waals surface area contributed by atoms with Gasteiger partial charge in [0, 0.05) is 24.2 Å². The van der Waals surface area contributed by atoms with Crippen molar-refractivity contribution in [2.45, 2.75) is 26.0 Å². The summed E-state index contributed by atoms with van der Waals surface area (Å²) in [5, 5.41) is 10.3. The number of likely N-dealkylation sites (tertiary alicyclic amines) is 1. The Hall–Kier alpha value is -0.690. The average Bonchev–Trinajstić information content (AvgIpc) is 2.87. The Morgan fingerprint density at radius 3 is 3.19 bits per heavy atom. The minimum Gasteiger partial charge on any atom is -0.393 e. The van der Waals surface area contributed by atoms with Crippen molar-refractivity contribution in [2.75, 3.05) is 18.5 Å². The van der Waals surface area contributed by atoms with Crippen LogP contribution in [0.4, 0.5) is 5.13 Å². The summed E-state index contributed by atoms with van der Waals surface area (Å²) in [6.07, 6.45) is 2.74. The number of nitrogens with two attached hydrogens (primary N) is 1. The second kappa shape index (κ2) is 5.09. The number of aromatic nitrogens is 1. The molecule has 6 heteroatoms. The van der Waals surface area contributed by atoms with Crippen LogP contribution in [0.1, 0.15) is 18.2 Å². The van der Waals surface area contributed by atoms with Gasteiger partial charge in [0.15, 0.2) is 5.13 Å². The maximum absolute atomic E-state index is 9.52. The van der Waals surface area contributed by atoms with Gasteiger partial charge in [-0.2, -0.15) is 0 Å². The van der Waals surface area contributed by atoms with Crippen LogP contribution in [0.3, 0.4) is 0 Å². The lowest BCUT2D eigenvalue weighted by atomic mass is 10.0. The van der Waals surface area contributed by atoms with E-state index in [2.05, 4.69) is 15.3 Å². The van der Waals surface area contributed by atoms with Crippen LogP contribution >= 0.6 is 11.3 Å². The molecule has 0 spiro atoms. The predicted molar refractivity (Wildman–Crippen MR) is 65.0 cm³/mol. The number of thiazole rings is 1. The Morgan fingerprint density at radius 2 is 2.62 bits per heavy atom. The minimum atomic E-state index is -0.201. The molecule has 5 nitrogen and oxygen atoms in total. The van der Waals surface area contributed by atoms with E-state index < -0.39 is 0 Å². The molecule has 0 saturated carbocycles. The highest BCUT2D eigenvalue weighted by atomic mass is 32.1. The van der Waals surface area contributed by atoms with Crippen LogP contribution in [0.15, 0.2) is 6.20 Å². The molecule has 0 aliphatic carbocycles. The number of aliphatic hydroxyl groups excluding tert-OH is 1. The van der Waals surface area contributed by atoms with Crippen molar-refractivity contribution < 1.29 is 5.11 Å². The zero-order chi connectivity index (χ0) is 11.5. The van der Waals surface area contributed by atoms with Crippen LogP contribution in [0.25, 0.3) is 0 Å². The van der Waals surface area contributed by atoms with E-state index in [9.17, 15) is 5.11 Å². The molecule has 2 unspecified atom stereocenters. The number of rotatable bonds is 4. The summed E-state index contributed by atoms with van der Waals surface area (Å²) in [5.74, 6) is 5.70. The zero-order valence-electron chi connectivity index (χ0n) is 9.39. The van der Waals surface area contributed by atoms with Gasteiger partial charge < -0.3 is 5.11 Å². The van der Waals surface area contributed by atoms with Gasteiger partial charge in [-0.1, -0.05) is 11.3 Å². The molecule has 2 rings (SSSR count). The first-order valence-corrected chi connectivity index (χ1v) is 6.32. The van der Waals surface area contributed by atoms with Crippen molar-refractivity contribution in [2.24, 2.45) is 11.8 Å². The molecule has 1 saturated heterocycles. The van der Waals surface area contributed by atoms with Gasteiger partial charge in [0.05, 0.1) is 6.10 Å². The van der Waals surface area contributed by atoms with Gasteiger partial charge in [0.1, 0.15) is 0 Å². The van der Waals surface area contributed by atoms with E-state index >= 15 is 0 Å². The van der Waals surface area contributed by atoms with E-state index in [4.69, 9.17) is 5.84 Å². The number of hydrogen-bond acceptors (Lipinski definition) is 6. The Kier molecular flexibility index (Phi) is 3.75. The average molecular weight is 242 g/mol. The molecule has 4 N–H and O–H groups in total. The van der Waals surface area contributed by atoms with E-state index in [-0.39, 0.29) is 6.10 Å². The van der Waals surface area contributed by atoms with Crippen LogP contribution in [0, 0.1) is 5.92 Å². The third-order valence-corrected chi connectivity index (χ3v) is 3.96. The first-order valence-electron chi connectivity index (χ1n) is 5.51. The number of aliphatic hydroxyl groups is 1. The quantitative estimate of drug-likeness (QED) is 0.533. The molecule has 0 bridgehead atoms. The third-order valence-electron chi connectivity index (χ3n) is 3.05. The molecular formula is C10H18N4OS. The molecule has 1 aromatic rings. The summed E-state index contributed by atoms with van der Waals surface area (Å²) in [6, 6.07) is 0. The Balaban J connectivity index is 1.87. The molecule has 0 radical (unpaired) electrons. The van der Waals surface area contributed by atoms with Crippen LogP contribution in [-0.2, 0) is 6.54 Å². The lowest BCUT2D eigenvalue weighted by molar-refractivity contribution is 0.127. The second-order valence-electron chi connectivity index (χ2n) is 4.30. The molecule has 2 atom stereocenters. The van der Waals surface area contributed by atoms with Crippen LogP contribution in [0.5, 0.6) is 0 Å². The molecular weight excluding hydrogens is 224 g/mol. The number of hydrogen-bond donors (Lipinski definition) is 3. The van der Waals surface area contributed by atoms with Crippen molar-refractivity contribution in [3.8, 4) is 0 Å². The van der Waals surface area contributed by atoms with Crippen LogP contribution < -0.4 is 11.3 Å². The fourth-order valence-electron chi connectivity index (χ4n) is 2.07. The maximum atomic E-state index is 9.52. The van der Waals surface area contributed by atoms with E-state index in [1.807, 2.05) is 13.1 Å². The van der Waals surface area contributed by atoms with Gasteiger partial charge in [-0.3, -0.25) is 10.3 Å². The number of nitrogens with zero attached hydrogens (tertiary/aromatic N) is 2. The molecule has 0 amide bonds. The maximum Gasteiger partial charge on any atom is 0.197 e. The lowest BCUT2D eigenvalue weighted by Crippen LogP contribution is -2.23. The summed E-state index contributed by atoms with van der Waals surface area (Å²) in [5.41, 5.74) is 2.55. The number of nitrogen functional groups attached to an aromatic ring is 1. The van der Waals surface area contributed by atoms with Gasteiger partial charge in [0.25, 0.3) is 0 Å². The van der Waals surface area contributed by atoms with Crippen LogP contribution in [-0.4, -0.2) is 34.2 Å². The highest BCUT2D eigenvalue weighted by Gasteiger charge is 2.26. The molecule has 1 aliphatic rings. The van der Waals surface area contributed by atoms with E-state index in [1.165, 1.54) is 4.88 Å². The molecule has 1 aliphatic heterocycles. The zero-order valence-corrected chi connectivity index (χ0v) is 10.2. The summed E-state index contributed by atoms with van der Waals surface area (Å²) in [4.78, 5) is 7.70. The van der Waals surface area contributed by atoms with E-state index in [0.29, 0.717) is 5.92 Å². The largest absolute Gasteiger partial charge is 0.393 e. The highest BCUT2D eigenvalue weighted by molar-refractivity contribution is 7.15. The van der Waals surface area contributed by atoms with E-state index in [1.54, 1.807) is 11.3 Å². The van der Waals surface area contributed by atoms with Gasteiger partial charge in [-0.05, 0) is 25.8 Å². The Bertz CT molecular complexity index is 341. The van der Waals surface area contributed by atoms with Gasteiger partial charge >= 0.3 is 0 Å².